The van der Waals surface area contributed by atoms with Gasteiger partial charge in [-0.2, -0.15) is 0 Å². The Bertz CT molecular complexity index is 1110. The van der Waals surface area contributed by atoms with Crippen LogP contribution in [0.5, 0.6) is 0 Å². The molecule has 5 heterocycles. The summed E-state index contributed by atoms with van der Waals surface area (Å²) in [5.41, 5.74) is 4.78. The maximum atomic E-state index is 6.50. The minimum atomic E-state index is 0.615. The van der Waals surface area contributed by atoms with Crippen molar-refractivity contribution >= 4 is 40.1 Å². The van der Waals surface area contributed by atoms with E-state index in [1.165, 1.54) is 0 Å². The number of allylic oxidation sites excluding steroid dienone is 1. The van der Waals surface area contributed by atoms with Gasteiger partial charge in [0.05, 0.1) is 36.0 Å². The molecule has 0 aromatic carbocycles. The molecule has 2 aliphatic heterocycles. The highest BCUT2D eigenvalue weighted by molar-refractivity contribution is 6.33. The Morgan fingerprint density at radius 3 is 2.75 bits per heavy atom. The smallest absolute Gasteiger partial charge is 0.130 e. The second-order valence-corrected chi connectivity index (χ2v) is 7.13. The molecular weight excluding hydrogens is 374 g/mol. The van der Waals surface area contributed by atoms with Gasteiger partial charge in [0.2, 0.25) is 0 Å². The van der Waals surface area contributed by atoms with E-state index in [0.29, 0.717) is 24.8 Å². The maximum Gasteiger partial charge on any atom is 0.130 e. The van der Waals surface area contributed by atoms with Gasteiger partial charge < -0.3 is 9.64 Å². The zero-order valence-electron chi connectivity index (χ0n) is 15.2. The van der Waals surface area contributed by atoms with Crippen LogP contribution >= 0.6 is 11.6 Å². The van der Waals surface area contributed by atoms with Crippen molar-refractivity contribution in [2.45, 2.75) is 0 Å². The zero-order valence-corrected chi connectivity index (χ0v) is 15.9. The number of aliphatic imine (C=N–C) groups is 1. The van der Waals surface area contributed by atoms with Crippen LogP contribution in [0.2, 0.25) is 5.02 Å². The van der Waals surface area contributed by atoms with Crippen molar-refractivity contribution in [3.63, 3.8) is 0 Å². The van der Waals surface area contributed by atoms with Crippen molar-refractivity contribution in [1.29, 1.82) is 0 Å². The molecule has 0 atom stereocenters. The zero-order chi connectivity index (χ0) is 18.9. The molecule has 2 aliphatic rings. The number of fused-ring (bicyclic) bond motifs is 1. The first-order chi connectivity index (χ1) is 13.8. The fraction of sp³-hybridized carbons (Fsp3) is 0.238. The summed E-state index contributed by atoms with van der Waals surface area (Å²) in [6.45, 7) is 3.64. The topological polar surface area (TPSA) is 63.5 Å². The number of hydrogen-bond donors (Lipinski definition) is 0. The van der Waals surface area contributed by atoms with Crippen LogP contribution in [0.1, 0.15) is 5.69 Å². The van der Waals surface area contributed by atoms with Crippen molar-refractivity contribution in [3.05, 3.63) is 53.6 Å². The fourth-order valence-electron chi connectivity index (χ4n) is 3.64. The summed E-state index contributed by atoms with van der Waals surface area (Å²) in [6, 6.07) is 6.05. The summed E-state index contributed by atoms with van der Waals surface area (Å²) >= 11 is 6.50. The third-order valence-electron chi connectivity index (χ3n) is 5.06. The minimum Gasteiger partial charge on any atom is -0.378 e. The van der Waals surface area contributed by atoms with Gasteiger partial charge in [-0.3, -0.25) is 15.0 Å². The van der Waals surface area contributed by atoms with E-state index in [1.54, 1.807) is 12.4 Å². The molecule has 5 rings (SSSR count). The van der Waals surface area contributed by atoms with Crippen molar-refractivity contribution < 1.29 is 4.74 Å². The van der Waals surface area contributed by atoms with E-state index >= 15 is 0 Å². The summed E-state index contributed by atoms with van der Waals surface area (Å²) in [5, 5.41) is 1.63. The number of rotatable bonds is 3. The molecule has 3 aromatic heterocycles. The number of aromatic nitrogens is 3. The lowest BCUT2D eigenvalue weighted by molar-refractivity contribution is 0.122. The molecule has 3 aromatic rings. The van der Waals surface area contributed by atoms with Crippen molar-refractivity contribution in [2.24, 2.45) is 4.99 Å². The van der Waals surface area contributed by atoms with Gasteiger partial charge in [0.25, 0.3) is 0 Å². The van der Waals surface area contributed by atoms with Crippen molar-refractivity contribution in [2.75, 3.05) is 37.7 Å². The van der Waals surface area contributed by atoms with Crippen molar-refractivity contribution in [1.82, 2.24) is 15.0 Å². The van der Waals surface area contributed by atoms with Crippen LogP contribution in [0.25, 0.3) is 27.6 Å². The van der Waals surface area contributed by atoms with Gasteiger partial charge >= 0.3 is 0 Å². The summed E-state index contributed by atoms with van der Waals surface area (Å²) < 4.78 is 5.51. The van der Waals surface area contributed by atoms with Crippen LogP contribution in [0.4, 0.5) is 5.82 Å². The molecule has 28 heavy (non-hydrogen) atoms. The SMILES string of the molecule is Clc1cnccc1-c1cc(N2CCOCC2)nc2c(C3=CC=NC3)nccc12. The average molecular weight is 392 g/mol. The molecule has 0 spiro atoms. The molecule has 0 amide bonds. The molecule has 0 N–H and O–H groups in total. The molecule has 7 heteroatoms. The summed E-state index contributed by atoms with van der Waals surface area (Å²) in [7, 11) is 0. The van der Waals surface area contributed by atoms with Gasteiger partial charge in [0, 0.05) is 54.4 Å². The van der Waals surface area contributed by atoms with Crippen LogP contribution in [-0.4, -0.2) is 54.0 Å². The largest absolute Gasteiger partial charge is 0.378 e. The molecular formula is C21H18ClN5O. The maximum absolute atomic E-state index is 6.50. The third kappa shape index (κ3) is 3.04. The Morgan fingerprint density at radius 1 is 1.07 bits per heavy atom. The van der Waals surface area contributed by atoms with Gasteiger partial charge in [0.1, 0.15) is 5.82 Å². The molecule has 1 fully saturated rings. The fourth-order valence-corrected chi connectivity index (χ4v) is 3.87. The molecule has 1 saturated heterocycles. The number of pyridine rings is 3. The number of nitrogens with zero attached hydrogens (tertiary/aromatic N) is 5. The highest BCUT2D eigenvalue weighted by Gasteiger charge is 2.20. The van der Waals surface area contributed by atoms with Gasteiger partial charge in [-0.15, -0.1) is 0 Å². The lowest BCUT2D eigenvalue weighted by Gasteiger charge is -2.28. The highest BCUT2D eigenvalue weighted by atomic mass is 35.5. The number of hydrogen-bond acceptors (Lipinski definition) is 6. The van der Waals surface area contributed by atoms with E-state index in [1.807, 2.05) is 30.6 Å². The van der Waals surface area contributed by atoms with E-state index in [9.17, 15) is 0 Å². The predicted molar refractivity (Wildman–Crippen MR) is 112 cm³/mol. The van der Waals surface area contributed by atoms with Crippen LogP contribution in [-0.2, 0) is 4.74 Å². The minimum absolute atomic E-state index is 0.615. The van der Waals surface area contributed by atoms with Gasteiger partial charge in [-0.25, -0.2) is 4.98 Å². The van der Waals surface area contributed by atoms with Gasteiger partial charge in [-0.1, -0.05) is 11.6 Å². The van der Waals surface area contributed by atoms with Gasteiger partial charge in [-0.05, 0) is 29.8 Å². The lowest BCUT2D eigenvalue weighted by atomic mass is 10.00. The second kappa shape index (κ2) is 7.30. The van der Waals surface area contributed by atoms with Crippen LogP contribution in [0, 0.1) is 0 Å². The Balaban J connectivity index is 1.77. The first kappa shape index (κ1) is 17.3. The highest BCUT2D eigenvalue weighted by Crippen LogP contribution is 2.37. The van der Waals surface area contributed by atoms with E-state index < -0.39 is 0 Å². The first-order valence-corrected chi connectivity index (χ1v) is 9.61. The van der Waals surface area contributed by atoms with Crippen LogP contribution < -0.4 is 4.90 Å². The summed E-state index contributed by atoms with van der Waals surface area (Å²) in [5.74, 6) is 0.910. The third-order valence-corrected chi connectivity index (χ3v) is 5.36. The number of halogens is 1. The number of morpholine rings is 1. The van der Waals surface area contributed by atoms with Crippen molar-refractivity contribution in [3.8, 4) is 11.1 Å². The first-order valence-electron chi connectivity index (χ1n) is 9.23. The van der Waals surface area contributed by atoms with E-state index in [4.69, 9.17) is 21.3 Å². The number of anilines is 1. The Labute approximate surface area is 167 Å². The molecule has 0 radical (unpaired) electrons. The molecule has 0 aliphatic carbocycles. The van der Waals surface area contributed by atoms with Gasteiger partial charge in [0.15, 0.2) is 0 Å². The molecule has 140 valence electrons. The summed E-state index contributed by atoms with van der Waals surface area (Å²) in [6.07, 6.45) is 9.09. The molecule has 0 unspecified atom stereocenters. The number of ether oxygens (including phenoxy) is 1. The lowest BCUT2D eigenvalue weighted by Crippen LogP contribution is -2.36. The van der Waals surface area contributed by atoms with E-state index in [0.717, 1.165) is 52.2 Å². The van der Waals surface area contributed by atoms with Crippen LogP contribution in [0.3, 0.4) is 0 Å². The standard InChI is InChI=1S/C21H18ClN5O/c22-18-13-24-5-2-15(18)17-11-19(27-7-9-28-10-8-27)26-21-16(17)3-6-25-20(21)14-1-4-23-12-14/h1-6,11,13H,7-10,12H2. The normalized spacial score (nSPS) is 16.6. The van der Waals surface area contributed by atoms with E-state index in [-0.39, 0.29) is 0 Å². The Morgan fingerprint density at radius 2 is 1.96 bits per heavy atom. The Kier molecular flexibility index (Phi) is 4.50. The molecule has 6 nitrogen and oxygen atoms in total. The quantitative estimate of drug-likeness (QED) is 0.682. The summed E-state index contributed by atoms with van der Waals surface area (Å²) in [4.78, 5) is 20.3. The van der Waals surface area contributed by atoms with Crippen LogP contribution in [0.15, 0.2) is 47.9 Å². The average Bonchev–Trinajstić information content (AvgIpc) is 3.28. The van der Waals surface area contributed by atoms with E-state index in [2.05, 4.69) is 25.9 Å². The Hall–Kier alpha value is -2.83. The molecule has 0 bridgehead atoms. The monoisotopic (exact) mass is 391 g/mol. The predicted octanol–water partition coefficient (Wildman–Crippen LogP) is 3.65. The molecule has 0 saturated carbocycles. The second-order valence-electron chi connectivity index (χ2n) is 6.72.